The molecule has 0 saturated heterocycles. The quantitative estimate of drug-likeness (QED) is 0.442. The van der Waals surface area contributed by atoms with E-state index in [-0.39, 0.29) is 10.9 Å². The van der Waals surface area contributed by atoms with Crippen molar-refractivity contribution in [2.75, 3.05) is 20.8 Å². The van der Waals surface area contributed by atoms with E-state index < -0.39 is 10.0 Å². The fourth-order valence-corrected chi connectivity index (χ4v) is 5.21. The number of terminal acetylenes is 1. The van der Waals surface area contributed by atoms with E-state index >= 15 is 0 Å². The first kappa shape index (κ1) is 25.7. The number of rotatable bonds is 9. The number of pyridine rings is 1. The Kier molecular flexibility index (Phi) is 10.5. The first-order chi connectivity index (χ1) is 15.5. The van der Waals surface area contributed by atoms with Crippen molar-refractivity contribution in [3.63, 3.8) is 0 Å². The zero-order valence-electron chi connectivity index (χ0n) is 18.8. The standard InChI is InChI=1S/C22H31N3O4S.C2H2/c1-28-21-11-10-20(13-22(21)29-2)30(26,27)25-19-7-3-5-17(8-9-19)14-24-16-18-6-4-12-23-15-18;1-2/h4,6,10-13,15,17,19,24-25H,3,5,7-9,14,16H2,1-2H3;1-2H/t17-,19-;/m0./s1. The highest BCUT2D eigenvalue weighted by molar-refractivity contribution is 7.89. The average Bonchev–Trinajstić information content (AvgIpc) is 3.05. The molecule has 3 rings (SSSR count). The van der Waals surface area contributed by atoms with Gasteiger partial charge >= 0.3 is 0 Å². The van der Waals surface area contributed by atoms with Gasteiger partial charge in [-0.2, -0.15) is 0 Å². The van der Waals surface area contributed by atoms with Gasteiger partial charge in [0.25, 0.3) is 0 Å². The third-order valence-corrected chi connectivity index (χ3v) is 7.08. The van der Waals surface area contributed by atoms with Crippen LogP contribution in [0.15, 0.2) is 47.6 Å². The van der Waals surface area contributed by atoms with E-state index in [9.17, 15) is 8.42 Å². The molecule has 2 N–H and O–H groups in total. The molecule has 0 spiro atoms. The van der Waals surface area contributed by atoms with Crippen LogP contribution in [0, 0.1) is 18.8 Å². The van der Waals surface area contributed by atoms with Gasteiger partial charge in [0.1, 0.15) is 0 Å². The van der Waals surface area contributed by atoms with Gasteiger partial charge in [-0.3, -0.25) is 4.98 Å². The van der Waals surface area contributed by atoms with E-state index in [4.69, 9.17) is 9.47 Å². The van der Waals surface area contributed by atoms with Crippen molar-refractivity contribution in [3.05, 3.63) is 48.3 Å². The zero-order valence-corrected chi connectivity index (χ0v) is 19.6. The van der Waals surface area contributed by atoms with E-state index in [1.54, 1.807) is 18.3 Å². The maximum atomic E-state index is 12.9. The van der Waals surface area contributed by atoms with Gasteiger partial charge < -0.3 is 14.8 Å². The second kappa shape index (κ2) is 13.1. The molecule has 0 radical (unpaired) electrons. The Morgan fingerprint density at radius 2 is 1.84 bits per heavy atom. The summed E-state index contributed by atoms with van der Waals surface area (Å²) in [6, 6.07) is 8.62. The lowest BCUT2D eigenvalue weighted by Crippen LogP contribution is -2.34. The molecular weight excluding hydrogens is 426 g/mol. The Morgan fingerprint density at radius 3 is 2.53 bits per heavy atom. The van der Waals surface area contributed by atoms with Gasteiger partial charge in [0.05, 0.1) is 19.1 Å². The highest BCUT2D eigenvalue weighted by Gasteiger charge is 2.25. The van der Waals surface area contributed by atoms with Crippen LogP contribution in [0.4, 0.5) is 0 Å². The maximum Gasteiger partial charge on any atom is 0.240 e. The SMILES string of the molecule is C#C.COc1ccc(S(=O)(=O)N[C@H]2CCC[C@H](CNCc3cccnc3)CC2)cc1OC. The summed E-state index contributed by atoms with van der Waals surface area (Å²) < 4.78 is 39.1. The Balaban J connectivity index is 0.00000176. The first-order valence-corrected chi connectivity index (χ1v) is 12.2. The minimum absolute atomic E-state index is 0.0496. The van der Waals surface area contributed by atoms with Gasteiger partial charge in [-0.05, 0) is 61.9 Å². The molecule has 8 heteroatoms. The molecule has 32 heavy (non-hydrogen) atoms. The van der Waals surface area contributed by atoms with E-state index in [1.807, 2.05) is 12.3 Å². The molecule has 1 saturated carbocycles. The van der Waals surface area contributed by atoms with E-state index in [1.165, 1.54) is 25.8 Å². The molecule has 0 amide bonds. The smallest absolute Gasteiger partial charge is 0.240 e. The minimum Gasteiger partial charge on any atom is -0.493 e. The highest BCUT2D eigenvalue weighted by atomic mass is 32.2. The van der Waals surface area contributed by atoms with E-state index in [2.05, 4.69) is 33.9 Å². The molecule has 0 aliphatic heterocycles. The average molecular weight is 460 g/mol. The van der Waals surface area contributed by atoms with Crippen LogP contribution in [0.5, 0.6) is 11.5 Å². The minimum atomic E-state index is -3.61. The third-order valence-electron chi connectivity index (χ3n) is 5.56. The summed E-state index contributed by atoms with van der Waals surface area (Å²) in [6.45, 7) is 1.74. The number of benzene rings is 1. The van der Waals surface area contributed by atoms with Crippen LogP contribution in [-0.4, -0.2) is 40.2 Å². The molecule has 0 bridgehead atoms. The molecule has 1 heterocycles. The Hall–Kier alpha value is -2.60. The van der Waals surface area contributed by atoms with Gasteiger partial charge in [0.2, 0.25) is 10.0 Å². The van der Waals surface area contributed by atoms with Gasteiger partial charge in [-0.25, -0.2) is 13.1 Å². The van der Waals surface area contributed by atoms with Gasteiger partial charge in [-0.15, -0.1) is 12.8 Å². The van der Waals surface area contributed by atoms with Crippen LogP contribution in [0.3, 0.4) is 0 Å². The number of methoxy groups -OCH3 is 2. The number of ether oxygens (including phenoxy) is 2. The number of hydrogen-bond acceptors (Lipinski definition) is 6. The first-order valence-electron chi connectivity index (χ1n) is 10.7. The summed E-state index contributed by atoms with van der Waals surface area (Å²) in [5.41, 5.74) is 1.17. The van der Waals surface area contributed by atoms with E-state index in [0.717, 1.165) is 45.2 Å². The lowest BCUT2D eigenvalue weighted by atomic mass is 10.0. The van der Waals surface area contributed by atoms with Crippen LogP contribution in [0.2, 0.25) is 0 Å². The van der Waals surface area contributed by atoms with Gasteiger partial charge in [-0.1, -0.05) is 12.5 Å². The summed E-state index contributed by atoms with van der Waals surface area (Å²) >= 11 is 0. The van der Waals surface area contributed by atoms with Crippen LogP contribution < -0.4 is 19.5 Å². The molecule has 1 aliphatic carbocycles. The topological polar surface area (TPSA) is 89.6 Å². The summed E-state index contributed by atoms with van der Waals surface area (Å²) in [5, 5.41) is 3.51. The Morgan fingerprint density at radius 1 is 1.06 bits per heavy atom. The summed E-state index contributed by atoms with van der Waals surface area (Å²) in [6.07, 6.45) is 16.5. The highest BCUT2D eigenvalue weighted by Crippen LogP contribution is 2.30. The second-order valence-corrected chi connectivity index (χ2v) is 9.42. The van der Waals surface area contributed by atoms with Crippen molar-refractivity contribution >= 4 is 10.0 Å². The molecule has 2 aromatic rings. The predicted molar refractivity (Wildman–Crippen MR) is 126 cm³/mol. The van der Waals surface area contributed by atoms with Crippen LogP contribution in [-0.2, 0) is 16.6 Å². The van der Waals surface area contributed by atoms with Crippen molar-refractivity contribution in [1.29, 1.82) is 0 Å². The van der Waals surface area contributed by atoms with Crippen LogP contribution in [0.1, 0.15) is 37.7 Å². The third kappa shape index (κ3) is 7.52. The summed E-state index contributed by atoms with van der Waals surface area (Å²) in [5.74, 6) is 1.46. The van der Waals surface area contributed by atoms with Crippen molar-refractivity contribution < 1.29 is 17.9 Å². The van der Waals surface area contributed by atoms with Gasteiger partial charge in [0, 0.05) is 31.0 Å². The van der Waals surface area contributed by atoms with Crippen molar-refractivity contribution in [2.24, 2.45) is 5.92 Å². The monoisotopic (exact) mass is 459 g/mol. The molecule has 0 unspecified atom stereocenters. The zero-order chi connectivity index (χ0) is 23.4. The Bertz CT molecular complexity index is 948. The molecule has 7 nitrogen and oxygen atoms in total. The molecule has 1 fully saturated rings. The lowest BCUT2D eigenvalue weighted by Gasteiger charge is -2.18. The lowest BCUT2D eigenvalue weighted by molar-refractivity contribution is 0.354. The van der Waals surface area contributed by atoms with Crippen LogP contribution in [0.25, 0.3) is 0 Å². The molecular formula is C24H33N3O4S. The van der Waals surface area contributed by atoms with Crippen LogP contribution >= 0.6 is 0 Å². The fourth-order valence-electron chi connectivity index (χ4n) is 3.89. The number of sulfonamides is 1. The normalized spacial score (nSPS) is 18.6. The summed E-state index contributed by atoms with van der Waals surface area (Å²) in [7, 11) is -0.591. The predicted octanol–water partition coefficient (Wildman–Crippen LogP) is 3.37. The molecule has 174 valence electrons. The molecule has 1 aromatic carbocycles. The molecule has 1 aliphatic rings. The largest absolute Gasteiger partial charge is 0.493 e. The number of nitrogens with one attached hydrogen (secondary N) is 2. The van der Waals surface area contributed by atoms with Crippen molar-refractivity contribution in [2.45, 2.75) is 49.6 Å². The van der Waals surface area contributed by atoms with Crippen molar-refractivity contribution in [3.8, 4) is 24.3 Å². The number of aromatic nitrogens is 1. The van der Waals surface area contributed by atoms with Crippen molar-refractivity contribution in [1.82, 2.24) is 15.0 Å². The summed E-state index contributed by atoms with van der Waals surface area (Å²) in [4.78, 5) is 4.33. The Labute approximate surface area is 192 Å². The number of hydrogen-bond donors (Lipinski definition) is 2. The maximum absolute atomic E-state index is 12.9. The molecule has 1 aromatic heterocycles. The van der Waals surface area contributed by atoms with E-state index in [0.29, 0.717) is 17.4 Å². The van der Waals surface area contributed by atoms with Gasteiger partial charge in [0.15, 0.2) is 11.5 Å². The number of nitrogens with zero attached hydrogens (tertiary/aromatic N) is 1. The fraction of sp³-hybridized carbons (Fsp3) is 0.458. The second-order valence-electron chi connectivity index (χ2n) is 7.70. The molecule has 2 atom stereocenters.